The molecule has 0 aromatic carbocycles. The number of nitrogen functional groups attached to an aromatic ring is 1. The van der Waals surface area contributed by atoms with Gasteiger partial charge in [-0.15, -0.1) is 0 Å². The number of aromatic nitrogens is 6. The average Bonchev–Trinajstić information content (AvgIpc) is 3.26. The Morgan fingerprint density at radius 3 is 2.58 bits per heavy atom. The Kier molecular flexibility index (Phi) is 6.37. The molecule has 0 bridgehead atoms. The van der Waals surface area contributed by atoms with Crippen LogP contribution in [-0.4, -0.2) is 68.2 Å². The van der Waals surface area contributed by atoms with Gasteiger partial charge in [-0.05, 0) is 24.8 Å². The number of carbonyl (C=O) groups is 1. The van der Waals surface area contributed by atoms with E-state index in [1.54, 1.807) is 17.1 Å². The number of nitrogens with zero attached hydrogens (tertiary/aromatic N) is 7. The van der Waals surface area contributed by atoms with Gasteiger partial charge in [0.15, 0.2) is 17.9 Å². The first kappa shape index (κ1) is 23.8. The molecule has 1 unspecified atom stereocenters. The summed E-state index contributed by atoms with van der Waals surface area (Å²) in [7, 11) is 1.85. The SMILES string of the molecule is Cn1cc(-c2cnc(N)c(OCC3CCN(c4nc(C=O)nc(OCC5CC5(F)F)n4)CC3)c2)cn1. The van der Waals surface area contributed by atoms with Crippen molar-refractivity contribution in [1.82, 2.24) is 29.7 Å². The fourth-order valence-corrected chi connectivity index (χ4v) is 4.05. The lowest BCUT2D eigenvalue weighted by molar-refractivity contribution is 0.0840. The number of halogens is 2. The number of pyridine rings is 1. The average molecular weight is 501 g/mol. The van der Waals surface area contributed by atoms with Crippen molar-refractivity contribution in [3.63, 3.8) is 0 Å². The Balaban J connectivity index is 1.17. The molecule has 2 aliphatic rings. The molecule has 1 atom stereocenters. The van der Waals surface area contributed by atoms with Crippen LogP contribution in [0.1, 0.15) is 29.9 Å². The Morgan fingerprint density at radius 1 is 1.14 bits per heavy atom. The van der Waals surface area contributed by atoms with E-state index in [0.717, 1.165) is 24.0 Å². The standard InChI is InChI=1S/C23H26F2N8O3/c1-32-10-16(9-28-32)15-6-18(20(26)27-8-15)35-12-14-2-4-33(5-3-14)21-29-19(11-34)30-22(31-21)36-13-17-7-23(17,24)25/h6,8-11,14,17H,2-5,7,12-13H2,1H3,(H2,26,27). The predicted octanol–water partition coefficient (Wildman–Crippen LogP) is 2.39. The van der Waals surface area contributed by atoms with E-state index in [2.05, 4.69) is 25.0 Å². The zero-order chi connectivity index (χ0) is 25.3. The molecule has 1 saturated carbocycles. The van der Waals surface area contributed by atoms with Crippen LogP contribution in [0.3, 0.4) is 0 Å². The molecule has 36 heavy (non-hydrogen) atoms. The zero-order valence-corrected chi connectivity index (χ0v) is 19.7. The van der Waals surface area contributed by atoms with Gasteiger partial charge in [-0.25, -0.2) is 13.8 Å². The van der Waals surface area contributed by atoms with Crippen molar-refractivity contribution in [1.29, 1.82) is 0 Å². The quantitative estimate of drug-likeness (QED) is 0.437. The molecule has 190 valence electrons. The van der Waals surface area contributed by atoms with Crippen molar-refractivity contribution in [2.45, 2.75) is 25.2 Å². The van der Waals surface area contributed by atoms with Crippen LogP contribution in [0.15, 0.2) is 24.7 Å². The summed E-state index contributed by atoms with van der Waals surface area (Å²) in [4.78, 5) is 29.7. The first-order valence-electron chi connectivity index (χ1n) is 11.6. The molecule has 0 spiro atoms. The molecule has 1 aliphatic heterocycles. The number of anilines is 2. The third-order valence-electron chi connectivity index (χ3n) is 6.39. The molecule has 11 nitrogen and oxygen atoms in total. The van der Waals surface area contributed by atoms with Gasteiger partial charge in [0.2, 0.25) is 11.8 Å². The molecule has 5 rings (SSSR count). The number of aryl methyl sites for hydroxylation is 1. The lowest BCUT2D eigenvalue weighted by atomic mass is 9.98. The second-order valence-electron chi connectivity index (χ2n) is 9.12. The first-order valence-corrected chi connectivity index (χ1v) is 11.6. The number of ether oxygens (including phenoxy) is 2. The normalized spacial score (nSPS) is 19.2. The highest BCUT2D eigenvalue weighted by molar-refractivity contribution is 5.69. The van der Waals surface area contributed by atoms with Crippen LogP contribution in [0.4, 0.5) is 20.5 Å². The summed E-state index contributed by atoms with van der Waals surface area (Å²) in [6, 6.07) is 1.74. The smallest absolute Gasteiger partial charge is 0.321 e. The van der Waals surface area contributed by atoms with Crippen molar-refractivity contribution >= 4 is 18.1 Å². The van der Waals surface area contributed by atoms with Gasteiger partial charge in [-0.1, -0.05) is 0 Å². The van der Waals surface area contributed by atoms with Crippen LogP contribution < -0.4 is 20.1 Å². The predicted molar refractivity (Wildman–Crippen MR) is 125 cm³/mol. The topological polar surface area (TPSA) is 134 Å². The van der Waals surface area contributed by atoms with E-state index < -0.39 is 11.8 Å². The number of carbonyl (C=O) groups excluding carboxylic acids is 1. The van der Waals surface area contributed by atoms with Crippen LogP contribution in [-0.2, 0) is 7.05 Å². The first-order chi connectivity index (χ1) is 17.3. The molecule has 13 heteroatoms. The van der Waals surface area contributed by atoms with Crippen molar-refractivity contribution in [2.75, 3.05) is 36.9 Å². The summed E-state index contributed by atoms with van der Waals surface area (Å²) in [6.07, 6.45) is 7.20. The number of hydrogen-bond acceptors (Lipinski definition) is 10. The number of piperidine rings is 1. The minimum atomic E-state index is -2.70. The van der Waals surface area contributed by atoms with E-state index in [-0.39, 0.29) is 30.8 Å². The molecule has 3 aromatic heterocycles. The molecular formula is C23H26F2N8O3. The van der Waals surface area contributed by atoms with Gasteiger partial charge in [-0.3, -0.25) is 9.48 Å². The van der Waals surface area contributed by atoms with Gasteiger partial charge in [-0.2, -0.15) is 20.1 Å². The van der Waals surface area contributed by atoms with Crippen LogP contribution >= 0.6 is 0 Å². The Hall–Kier alpha value is -3.90. The Bertz CT molecular complexity index is 1250. The molecule has 1 saturated heterocycles. The lowest BCUT2D eigenvalue weighted by Crippen LogP contribution is -2.37. The summed E-state index contributed by atoms with van der Waals surface area (Å²) in [5.41, 5.74) is 7.81. The highest BCUT2D eigenvalue weighted by Crippen LogP contribution is 2.48. The molecular weight excluding hydrogens is 474 g/mol. The van der Waals surface area contributed by atoms with Crippen molar-refractivity contribution in [2.24, 2.45) is 18.9 Å². The van der Waals surface area contributed by atoms with Crippen LogP contribution in [0.2, 0.25) is 0 Å². The maximum Gasteiger partial charge on any atom is 0.321 e. The zero-order valence-electron chi connectivity index (χ0n) is 19.7. The fourth-order valence-electron chi connectivity index (χ4n) is 4.05. The summed E-state index contributed by atoms with van der Waals surface area (Å²) < 4.78 is 39.3. The van der Waals surface area contributed by atoms with Crippen molar-refractivity contribution < 1.29 is 23.0 Å². The molecule has 0 amide bonds. The van der Waals surface area contributed by atoms with Crippen molar-refractivity contribution in [3.05, 3.63) is 30.5 Å². The van der Waals surface area contributed by atoms with E-state index in [1.165, 1.54) is 0 Å². The molecule has 2 N–H and O–H groups in total. The number of nitrogens with two attached hydrogens (primary N) is 1. The fraction of sp³-hybridized carbons (Fsp3) is 0.478. The van der Waals surface area contributed by atoms with Crippen LogP contribution in [0.5, 0.6) is 11.8 Å². The van der Waals surface area contributed by atoms with Gasteiger partial charge in [0.1, 0.15) is 6.61 Å². The maximum atomic E-state index is 13.1. The third kappa shape index (κ3) is 5.34. The second-order valence-corrected chi connectivity index (χ2v) is 9.12. The van der Waals surface area contributed by atoms with Gasteiger partial charge >= 0.3 is 6.01 Å². The third-order valence-corrected chi connectivity index (χ3v) is 6.39. The number of aldehydes is 1. The maximum absolute atomic E-state index is 13.1. The van der Waals surface area contributed by atoms with Gasteiger partial charge in [0.25, 0.3) is 5.92 Å². The van der Waals surface area contributed by atoms with E-state index in [1.807, 2.05) is 24.2 Å². The Labute approximate surface area is 205 Å². The minimum Gasteiger partial charge on any atom is -0.489 e. The van der Waals surface area contributed by atoms with Crippen LogP contribution in [0, 0.1) is 11.8 Å². The highest BCUT2D eigenvalue weighted by atomic mass is 19.3. The van der Waals surface area contributed by atoms with E-state index in [0.29, 0.717) is 43.5 Å². The summed E-state index contributed by atoms with van der Waals surface area (Å²) in [5.74, 6) is -2.24. The lowest BCUT2D eigenvalue weighted by Gasteiger charge is -2.32. The molecule has 2 fully saturated rings. The molecule has 3 aromatic rings. The minimum absolute atomic E-state index is 0.0977. The summed E-state index contributed by atoms with van der Waals surface area (Å²) >= 11 is 0. The monoisotopic (exact) mass is 500 g/mol. The summed E-state index contributed by atoms with van der Waals surface area (Å²) in [5, 5.41) is 4.18. The summed E-state index contributed by atoms with van der Waals surface area (Å²) in [6.45, 7) is 1.52. The van der Waals surface area contributed by atoms with Crippen LogP contribution in [0.25, 0.3) is 11.1 Å². The van der Waals surface area contributed by atoms with Crippen molar-refractivity contribution in [3.8, 4) is 22.9 Å². The second kappa shape index (κ2) is 9.63. The Morgan fingerprint density at radius 2 is 1.92 bits per heavy atom. The van der Waals surface area contributed by atoms with E-state index >= 15 is 0 Å². The molecule has 0 radical (unpaired) electrons. The highest BCUT2D eigenvalue weighted by Gasteiger charge is 2.57. The van der Waals surface area contributed by atoms with E-state index in [4.69, 9.17) is 15.2 Å². The molecule has 1 aliphatic carbocycles. The number of hydrogen-bond donors (Lipinski definition) is 1. The van der Waals surface area contributed by atoms with E-state index in [9.17, 15) is 13.6 Å². The number of alkyl halides is 2. The van der Waals surface area contributed by atoms with Gasteiger partial charge in [0.05, 0.1) is 18.7 Å². The molecule has 4 heterocycles. The largest absolute Gasteiger partial charge is 0.489 e. The number of rotatable bonds is 9. The van der Waals surface area contributed by atoms with Gasteiger partial charge in [0, 0.05) is 50.1 Å². The van der Waals surface area contributed by atoms with Gasteiger partial charge < -0.3 is 20.1 Å².